The van der Waals surface area contributed by atoms with Crippen LogP contribution < -0.4 is 4.90 Å². The zero-order valence-corrected chi connectivity index (χ0v) is 13.1. The van der Waals surface area contributed by atoms with Crippen molar-refractivity contribution in [3.8, 4) is 0 Å². The molecule has 3 heterocycles. The summed E-state index contributed by atoms with van der Waals surface area (Å²) in [6.45, 7) is 5.34. The summed E-state index contributed by atoms with van der Waals surface area (Å²) in [4.78, 5) is 21.0. The van der Waals surface area contributed by atoms with Crippen LogP contribution in [0.1, 0.15) is 43.1 Å². The normalized spacial score (nSPS) is 26.5. The number of pyridine rings is 1. The minimum absolute atomic E-state index is 0.120. The van der Waals surface area contributed by atoms with E-state index in [0.717, 1.165) is 30.7 Å². The van der Waals surface area contributed by atoms with Gasteiger partial charge in [0.05, 0.1) is 11.9 Å². The van der Waals surface area contributed by atoms with Crippen LogP contribution in [-0.2, 0) is 0 Å². The number of carbonyl (C=O) groups is 1. The molecule has 2 saturated heterocycles. The maximum atomic E-state index is 11.6. The number of ketones is 1. The Labute approximate surface area is 127 Å². The molecular weight excluding hydrogens is 262 g/mol. The Morgan fingerprint density at radius 1 is 1.33 bits per heavy atom. The number of hydrogen-bond acceptors (Lipinski definition) is 4. The number of carbonyl (C=O) groups excluding carboxylic acids is 1. The lowest BCUT2D eigenvalue weighted by molar-refractivity contribution is 0.0983. The van der Waals surface area contributed by atoms with Gasteiger partial charge in [-0.2, -0.15) is 0 Å². The van der Waals surface area contributed by atoms with Crippen LogP contribution in [0.5, 0.6) is 0 Å². The first kappa shape index (κ1) is 14.5. The fourth-order valence-electron chi connectivity index (χ4n) is 3.81. The van der Waals surface area contributed by atoms with Gasteiger partial charge in [-0.3, -0.25) is 9.78 Å². The second kappa shape index (κ2) is 6.14. The average molecular weight is 287 g/mol. The summed E-state index contributed by atoms with van der Waals surface area (Å²) >= 11 is 0. The summed E-state index contributed by atoms with van der Waals surface area (Å²) in [7, 11) is 2.26. The number of fused-ring (bicyclic) bond motifs is 1. The topological polar surface area (TPSA) is 36.4 Å². The predicted molar refractivity (Wildman–Crippen MR) is 84.8 cm³/mol. The van der Waals surface area contributed by atoms with Crippen molar-refractivity contribution in [1.29, 1.82) is 0 Å². The Balaban J connectivity index is 1.69. The van der Waals surface area contributed by atoms with Crippen LogP contribution in [0.3, 0.4) is 0 Å². The van der Waals surface area contributed by atoms with Crippen molar-refractivity contribution in [2.75, 3.05) is 31.6 Å². The van der Waals surface area contributed by atoms with Gasteiger partial charge in [-0.25, -0.2) is 0 Å². The summed E-state index contributed by atoms with van der Waals surface area (Å²) in [6.07, 6.45) is 6.28. The summed E-state index contributed by atoms with van der Waals surface area (Å²) in [6, 6.07) is 4.69. The van der Waals surface area contributed by atoms with Crippen molar-refractivity contribution >= 4 is 11.5 Å². The Morgan fingerprint density at radius 3 is 2.90 bits per heavy atom. The van der Waals surface area contributed by atoms with Gasteiger partial charge >= 0.3 is 0 Å². The lowest BCUT2D eigenvalue weighted by Crippen LogP contribution is -2.52. The predicted octanol–water partition coefficient (Wildman–Crippen LogP) is 2.59. The van der Waals surface area contributed by atoms with E-state index >= 15 is 0 Å². The molecule has 21 heavy (non-hydrogen) atoms. The van der Waals surface area contributed by atoms with E-state index in [1.165, 1.54) is 25.8 Å². The quantitative estimate of drug-likeness (QED) is 0.801. The third-order valence-corrected chi connectivity index (χ3v) is 5.07. The highest BCUT2D eigenvalue weighted by molar-refractivity contribution is 5.94. The van der Waals surface area contributed by atoms with Gasteiger partial charge in [-0.15, -0.1) is 0 Å². The van der Waals surface area contributed by atoms with Crippen LogP contribution in [-0.4, -0.2) is 48.4 Å². The maximum Gasteiger partial charge on any atom is 0.180 e. The molecule has 2 fully saturated rings. The Hall–Kier alpha value is -1.42. The summed E-state index contributed by atoms with van der Waals surface area (Å²) < 4.78 is 0. The molecule has 2 aliphatic rings. The summed E-state index contributed by atoms with van der Waals surface area (Å²) in [5.41, 5.74) is 1.75. The molecule has 0 spiro atoms. The zero-order chi connectivity index (χ0) is 14.8. The fraction of sp³-hybridized carbons (Fsp3) is 0.647. The molecule has 1 aromatic heterocycles. The molecule has 0 aromatic carbocycles. The fourth-order valence-corrected chi connectivity index (χ4v) is 3.81. The largest absolute Gasteiger partial charge is 0.370 e. The van der Waals surface area contributed by atoms with E-state index in [-0.39, 0.29) is 5.78 Å². The van der Waals surface area contributed by atoms with E-state index in [2.05, 4.69) is 27.9 Å². The van der Waals surface area contributed by atoms with Crippen LogP contribution in [0, 0.1) is 5.92 Å². The molecule has 0 saturated carbocycles. The van der Waals surface area contributed by atoms with Crippen LogP contribution in [0.2, 0.25) is 0 Å². The highest BCUT2D eigenvalue weighted by atomic mass is 16.1. The average Bonchev–Trinajstić information content (AvgIpc) is 2.54. The van der Waals surface area contributed by atoms with E-state index in [0.29, 0.717) is 12.1 Å². The molecule has 0 radical (unpaired) electrons. The van der Waals surface area contributed by atoms with Gasteiger partial charge in [0.25, 0.3) is 0 Å². The smallest absolute Gasteiger partial charge is 0.180 e. The first-order valence-corrected chi connectivity index (χ1v) is 8.13. The van der Waals surface area contributed by atoms with Gasteiger partial charge in [0.1, 0.15) is 5.69 Å². The number of aromatic nitrogens is 1. The molecule has 2 unspecified atom stereocenters. The lowest BCUT2D eigenvalue weighted by atomic mass is 9.84. The van der Waals surface area contributed by atoms with E-state index in [9.17, 15) is 4.79 Å². The maximum absolute atomic E-state index is 11.6. The van der Waals surface area contributed by atoms with Crippen molar-refractivity contribution in [2.45, 2.75) is 38.6 Å². The SMILES string of the molecule is CCC(=O)c1ccc(N2CCC3C(CCCN3C)C2)cn1. The van der Waals surface area contributed by atoms with Crippen LogP contribution in [0.15, 0.2) is 18.3 Å². The molecule has 0 N–H and O–H groups in total. The Bertz CT molecular complexity index is 499. The molecule has 0 bridgehead atoms. The summed E-state index contributed by atoms with van der Waals surface area (Å²) in [5.74, 6) is 0.892. The molecular formula is C17H25N3O. The van der Waals surface area contributed by atoms with Gasteiger partial charge in [0.15, 0.2) is 5.78 Å². The second-order valence-electron chi connectivity index (χ2n) is 6.36. The highest BCUT2D eigenvalue weighted by Crippen LogP contribution is 2.31. The zero-order valence-electron chi connectivity index (χ0n) is 13.1. The molecule has 3 rings (SSSR count). The van der Waals surface area contributed by atoms with Gasteiger partial charge in [-0.05, 0) is 50.9 Å². The third kappa shape index (κ3) is 2.95. The van der Waals surface area contributed by atoms with Crippen LogP contribution in [0.25, 0.3) is 0 Å². The standard InChI is InChI=1S/C17H25N3O/c1-3-17(21)15-7-6-14(11-18-15)20-10-8-16-13(12-20)5-4-9-19(16)2/h6-7,11,13,16H,3-5,8-10,12H2,1-2H3. The van der Waals surface area contributed by atoms with Crippen LogP contribution >= 0.6 is 0 Å². The van der Waals surface area contributed by atoms with Crippen molar-refractivity contribution in [3.63, 3.8) is 0 Å². The molecule has 2 atom stereocenters. The number of rotatable bonds is 3. The van der Waals surface area contributed by atoms with E-state index < -0.39 is 0 Å². The highest BCUT2D eigenvalue weighted by Gasteiger charge is 2.34. The van der Waals surface area contributed by atoms with E-state index in [1.54, 1.807) is 0 Å². The van der Waals surface area contributed by atoms with Gasteiger partial charge in [0, 0.05) is 25.6 Å². The minimum atomic E-state index is 0.120. The van der Waals surface area contributed by atoms with Crippen molar-refractivity contribution in [3.05, 3.63) is 24.0 Å². The van der Waals surface area contributed by atoms with Crippen LogP contribution in [0.4, 0.5) is 5.69 Å². The second-order valence-corrected chi connectivity index (χ2v) is 6.36. The number of piperidine rings is 2. The van der Waals surface area contributed by atoms with Gasteiger partial charge in [0.2, 0.25) is 0 Å². The Kier molecular flexibility index (Phi) is 4.24. The number of anilines is 1. The third-order valence-electron chi connectivity index (χ3n) is 5.07. The molecule has 1 aromatic rings. The molecule has 2 aliphatic heterocycles. The van der Waals surface area contributed by atoms with E-state index in [1.807, 2.05) is 19.2 Å². The minimum Gasteiger partial charge on any atom is -0.370 e. The molecule has 0 aliphatic carbocycles. The lowest BCUT2D eigenvalue weighted by Gasteiger charge is -2.46. The van der Waals surface area contributed by atoms with Gasteiger partial charge in [-0.1, -0.05) is 6.92 Å². The first-order chi connectivity index (χ1) is 10.2. The number of likely N-dealkylation sites (tertiary alicyclic amines) is 1. The monoisotopic (exact) mass is 287 g/mol. The first-order valence-electron chi connectivity index (χ1n) is 8.13. The van der Waals surface area contributed by atoms with Crippen molar-refractivity contribution in [2.24, 2.45) is 5.92 Å². The molecule has 0 amide bonds. The number of hydrogen-bond donors (Lipinski definition) is 0. The Morgan fingerprint density at radius 2 is 2.19 bits per heavy atom. The van der Waals surface area contributed by atoms with Crippen molar-refractivity contribution in [1.82, 2.24) is 9.88 Å². The summed E-state index contributed by atoms with van der Waals surface area (Å²) in [5, 5.41) is 0. The molecule has 114 valence electrons. The van der Waals surface area contributed by atoms with Gasteiger partial charge < -0.3 is 9.80 Å². The number of nitrogens with zero attached hydrogens (tertiary/aromatic N) is 3. The molecule has 4 nitrogen and oxygen atoms in total. The number of Topliss-reactive ketones (excluding diaryl/α,β-unsaturated/α-hetero) is 1. The van der Waals surface area contributed by atoms with E-state index in [4.69, 9.17) is 0 Å². The molecule has 4 heteroatoms. The van der Waals surface area contributed by atoms with Crippen molar-refractivity contribution < 1.29 is 4.79 Å².